The Morgan fingerprint density at radius 2 is 1.85 bits per heavy atom. The SMILES string of the molecule is CCOc1ccc(OCCSCCC(N)C(=O)O)cc1. The summed E-state index contributed by atoms with van der Waals surface area (Å²) in [6.45, 7) is 3.17. The van der Waals surface area contributed by atoms with Gasteiger partial charge in [0.15, 0.2) is 0 Å². The highest BCUT2D eigenvalue weighted by Gasteiger charge is 2.10. The second-order valence-corrected chi connectivity index (χ2v) is 5.32. The number of hydrogen-bond acceptors (Lipinski definition) is 5. The lowest BCUT2D eigenvalue weighted by Gasteiger charge is -2.08. The molecule has 0 radical (unpaired) electrons. The maximum Gasteiger partial charge on any atom is 0.320 e. The monoisotopic (exact) mass is 299 g/mol. The van der Waals surface area contributed by atoms with E-state index in [9.17, 15) is 4.79 Å². The number of benzene rings is 1. The van der Waals surface area contributed by atoms with Gasteiger partial charge in [0, 0.05) is 5.75 Å². The molecule has 0 amide bonds. The molecule has 1 unspecified atom stereocenters. The number of carbonyl (C=O) groups is 1. The molecule has 0 bridgehead atoms. The van der Waals surface area contributed by atoms with E-state index in [1.807, 2.05) is 31.2 Å². The molecule has 0 saturated carbocycles. The Hall–Kier alpha value is -1.40. The second kappa shape index (κ2) is 9.50. The highest BCUT2D eigenvalue weighted by atomic mass is 32.2. The Morgan fingerprint density at radius 1 is 1.25 bits per heavy atom. The summed E-state index contributed by atoms with van der Waals surface area (Å²) in [5.74, 6) is 2.21. The van der Waals surface area contributed by atoms with Crippen LogP contribution in [0.4, 0.5) is 0 Å². The summed E-state index contributed by atoms with van der Waals surface area (Å²) in [6.07, 6.45) is 0.475. The third-order valence-corrected chi connectivity index (χ3v) is 3.50. The fraction of sp³-hybridized carbons (Fsp3) is 0.500. The molecule has 6 heteroatoms. The van der Waals surface area contributed by atoms with Crippen LogP contribution in [-0.4, -0.2) is 41.8 Å². The van der Waals surface area contributed by atoms with Crippen LogP contribution in [0.3, 0.4) is 0 Å². The zero-order chi connectivity index (χ0) is 14.8. The summed E-state index contributed by atoms with van der Waals surface area (Å²) in [5, 5.41) is 8.62. The first-order chi connectivity index (χ1) is 9.63. The van der Waals surface area contributed by atoms with E-state index in [4.69, 9.17) is 20.3 Å². The van der Waals surface area contributed by atoms with E-state index in [2.05, 4.69) is 0 Å². The van der Waals surface area contributed by atoms with Crippen LogP contribution in [0.2, 0.25) is 0 Å². The van der Waals surface area contributed by atoms with Crippen LogP contribution in [0.25, 0.3) is 0 Å². The lowest BCUT2D eigenvalue weighted by Crippen LogP contribution is -2.30. The molecule has 1 rings (SSSR count). The van der Waals surface area contributed by atoms with Gasteiger partial charge in [-0.2, -0.15) is 11.8 Å². The third-order valence-electron chi connectivity index (χ3n) is 2.52. The van der Waals surface area contributed by atoms with Gasteiger partial charge in [-0.3, -0.25) is 4.79 Å². The van der Waals surface area contributed by atoms with Crippen molar-refractivity contribution in [3.05, 3.63) is 24.3 Å². The molecule has 5 nitrogen and oxygen atoms in total. The lowest BCUT2D eigenvalue weighted by molar-refractivity contribution is -0.138. The number of hydrogen-bond donors (Lipinski definition) is 2. The molecular weight excluding hydrogens is 278 g/mol. The van der Waals surface area contributed by atoms with Crippen LogP contribution in [0.15, 0.2) is 24.3 Å². The fourth-order valence-electron chi connectivity index (χ4n) is 1.45. The Bertz CT molecular complexity index is 397. The van der Waals surface area contributed by atoms with Gasteiger partial charge >= 0.3 is 5.97 Å². The summed E-state index contributed by atoms with van der Waals surface area (Å²) in [6, 6.07) is 6.72. The van der Waals surface area contributed by atoms with Gasteiger partial charge in [-0.1, -0.05) is 0 Å². The first kappa shape index (κ1) is 16.7. The van der Waals surface area contributed by atoms with Gasteiger partial charge in [-0.25, -0.2) is 0 Å². The van der Waals surface area contributed by atoms with Crippen molar-refractivity contribution < 1.29 is 19.4 Å². The highest BCUT2D eigenvalue weighted by molar-refractivity contribution is 7.99. The maximum atomic E-state index is 10.5. The van der Waals surface area contributed by atoms with Crippen molar-refractivity contribution in [2.75, 3.05) is 24.7 Å². The van der Waals surface area contributed by atoms with Gasteiger partial charge < -0.3 is 20.3 Å². The minimum Gasteiger partial charge on any atom is -0.494 e. The van der Waals surface area contributed by atoms with E-state index in [1.165, 1.54) is 0 Å². The molecule has 0 fully saturated rings. The number of rotatable bonds is 10. The Kier molecular flexibility index (Phi) is 7.91. The molecule has 1 aromatic carbocycles. The number of nitrogens with two attached hydrogens (primary N) is 1. The molecule has 0 heterocycles. The van der Waals surface area contributed by atoms with Gasteiger partial charge in [0.05, 0.1) is 13.2 Å². The predicted molar refractivity (Wildman–Crippen MR) is 80.7 cm³/mol. The smallest absolute Gasteiger partial charge is 0.320 e. The summed E-state index contributed by atoms with van der Waals surface area (Å²) in [7, 11) is 0. The standard InChI is InChI=1S/C14H21NO4S/c1-2-18-11-3-5-12(6-4-11)19-8-10-20-9-7-13(15)14(16)17/h3-6,13H,2,7-10,15H2,1H3,(H,16,17). The van der Waals surface area contributed by atoms with Crippen molar-refractivity contribution >= 4 is 17.7 Å². The normalized spacial score (nSPS) is 11.9. The first-order valence-electron chi connectivity index (χ1n) is 6.55. The molecule has 0 saturated heterocycles. The van der Waals surface area contributed by atoms with Crippen molar-refractivity contribution in [2.24, 2.45) is 5.73 Å². The molecule has 0 spiro atoms. The number of aliphatic carboxylic acids is 1. The number of thioether (sulfide) groups is 1. The Labute approximate surface area is 123 Å². The first-order valence-corrected chi connectivity index (χ1v) is 7.70. The van der Waals surface area contributed by atoms with Crippen LogP contribution in [-0.2, 0) is 4.79 Å². The van der Waals surface area contributed by atoms with E-state index < -0.39 is 12.0 Å². The maximum absolute atomic E-state index is 10.5. The van der Waals surface area contributed by atoms with Crippen molar-refractivity contribution in [1.29, 1.82) is 0 Å². The molecule has 0 aliphatic heterocycles. The molecular formula is C14H21NO4S. The van der Waals surface area contributed by atoms with E-state index in [-0.39, 0.29) is 0 Å². The summed E-state index contributed by atoms with van der Waals surface area (Å²) in [4.78, 5) is 10.5. The number of carboxylic acid groups (broad SMARTS) is 1. The minimum atomic E-state index is -0.948. The van der Waals surface area contributed by atoms with Crippen molar-refractivity contribution in [3.8, 4) is 11.5 Å². The van der Waals surface area contributed by atoms with Crippen LogP contribution < -0.4 is 15.2 Å². The largest absolute Gasteiger partial charge is 0.494 e. The van der Waals surface area contributed by atoms with Crippen molar-refractivity contribution in [1.82, 2.24) is 0 Å². The number of ether oxygens (including phenoxy) is 2. The van der Waals surface area contributed by atoms with E-state index in [0.29, 0.717) is 19.6 Å². The quantitative estimate of drug-likeness (QED) is 0.643. The Morgan fingerprint density at radius 3 is 2.40 bits per heavy atom. The van der Waals surface area contributed by atoms with E-state index >= 15 is 0 Å². The Balaban J connectivity index is 2.10. The van der Waals surface area contributed by atoms with E-state index in [1.54, 1.807) is 11.8 Å². The highest BCUT2D eigenvalue weighted by Crippen LogP contribution is 2.17. The molecule has 0 aliphatic carbocycles. The molecule has 1 atom stereocenters. The van der Waals surface area contributed by atoms with Gasteiger partial charge in [-0.15, -0.1) is 0 Å². The second-order valence-electron chi connectivity index (χ2n) is 4.10. The topological polar surface area (TPSA) is 81.8 Å². The fourth-order valence-corrected chi connectivity index (χ4v) is 2.28. The predicted octanol–water partition coefficient (Wildman–Crippen LogP) is 2.00. The van der Waals surface area contributed by atoms with Crippen molar-refractivity contribution in [3.63, 3.8) is 0 Å². The van der Waals surface area contributed by atoms with Gasteiger partial charge in [0.25, 0.3) is 0 Å². The van der Waals surface area contributed by atoms with Gasteiger partial charge in [0.2, 0.25) is 0 Å². The summed E-state index contributed by atoms with van der Waals surface area (Å²) < 4.78 is 10.9. The molecule has 3 N–H and O–H groups in total. The minimum absolute atomic E-state index is 0.475. The van der Waals surface area contributed by atoms with E-state index in [0.717, 1.165) is 23.0 Å². The zero-order valence-electron chi connectivity index (χ0n) is 11.6. The summed E-state index contributed by atoms with van der Waals surface area (Å²) in [5.41, 5.74) is 5.41. The van der Waals surface area contributed by atoms with Gasteiger partial charge in [-0.05, 0) is 43.4 Å². The van der Waals surface area contributed by atoms with Gasteiger partial charge in [0.1, 0.15) is 17.5 Å². The molecule has 0 aliphatic rings. The summed E-state index contributed by atoms with van der Waals surface area (Å²) >= 11 is 1.64. The molecule has 0 aromatic heterocycles. The molecule has 1 aromatic rings. The average Bonchev–Trinajstić information content (AvgIpc) is 2.44. The lowest BCUT2D eigenvalue weighted by atomic mass is 10.2. The molecule has 112 valence electrons. The molecule has 20 heavy (non-hydrogen) atoms. The van der Waals surface area contributed by atoms with Crippen LogP contribution in [0.5, 0.6) is 11.5 Å². The zero-order valence-corrected chi connectivity index (χ0v) is 12.4. The van der Waals surface area contributed by atoms with Crippen LogP contribution >= 0.6 is 11.8 Å². The van der Waals surface area contributed by atoms with Crippen molar-refractivity contribution in [2.45, 2.75) is 19.4 Å². The third kappa shape index (κ3) is 6.68. The average molecular weight is 299 g/mol. The van der Waals surface area contributed by atoms with Crippen LogP contribution in [0, 0.1) is 0 Å². The van der Waals surface area contributed by atoms with Crippen LogP contribution in [0.1, 0.15) is 13.3 Å². The number of carboxylic acids is 1.